The second kappa shape index (κ2) is 10.6. The van der Waals surface area contributed by atoms with Crippen molar-refractivity contribution in [2.75, 3.05) is 5.32 Å². The third kappa shape index (κ3) is 5.97. The van der Waals surface area contributed by atoms with Gasteiger partial charge in [-0.2, -0.15) is 0 Å². The minimum Gasteiger partial charge on any atom is -0.382 e. The highest BCUT2D eigenvalue weighted by Crippen LogP contribution is 2.24. The van der Waals surface area contributed by atoms with Crippen LogP contribution in [0.25, 0.3) is 11.6 Å². The van der Waals surface area contributed by atoms with E-state index in [1.54, 1.807) is 0 Å². The largest absolute Gasteiger partial charge is 0.382 e. The first kappa shape index (κ1) is 21.6. The van der Waals surface area contributed by atoms with Gasteiger partial charge in [0.1, 0.15) is 0 Å². The van der Waals surface area contributed by atoms with Crippen LogP contribution in [0.1, 0.15) is 44.4 Å². The molecule has 3 aromatic rings. The second-order valence-electron chi connectivity index (χ2n) is 8.45. The molecule has 0 saturated heterocycles. The number of hydrogen-bond donors (Lipinski definition) is 1. The predicted molar refractivity (Wildman–Crippen MR) is 133 cm³/mol. The molecule has 3 aromatic carbocycles. The lowest BCUT2D eigenvalue weighted by Crippen LogP contribution is -2.30. The maximum absolute atomic E-state index is 3.69. The molecule has 30 heavy (non-hydrogen) atoms. The van der Waals surface area contributed by atoms with Crippen molar-refractivity contribution < 1.29 is 0 Å². The van der Waals surface area contributed by atoms with E-state index < -0.39 is 0 Å². The molecule has 0 aliphatic rings. The summed E-state index contributed by atoms with van der Waals surface area (Å²) in [5.41, 5.74) is 6.05. The Bertz CT molecular complexity index is 899. The van der Waals surface area contributed by atoms with Gasteiger partial charge in [-0.05, 0) is 46.2 Å². The van der Waals surface area contributed by atoms with Crippen molar-refractivity contribution in [2.45, 2.75) is 33.7 Å². The van der Waals surface area contributed by atoms with Crippen molar-refractivity contribution in [3.63, 3.8) is 0 Å². The van der Waals surface area contributed by atoms with Crippen LogP contribution in [0.5, 0.6) is 0 Å². The highest BCUT2D eigenvalue weighted by Gasteiger charge is 2.16. The first-order valence-corrected chi connectivity index (χ1v) is 10.9. The monoisotopic (exact) mass is 395 g/mol. The fourth-order valence-corrected chi connectivity index (χ4v) is 3.84. The molecule has 0 fully saturated rings. The molecule has 0 atom stereocenters. The Balaban J connectivity index is 1.77. The van der Waals surface area contributed by atoms with Gasteiger partial charge in [-0.1, -0.05) is 119 Å². The van der Waals surface area contributed by atoms with E-state index in [9.17, 15) is 0 Å². The summed E-state index contributed by atoms with van der Waals surface area (Å²) in [7, 11) is 0. The molecule has 0 amide bonds. The zero-order valence-corrected chi connectivity index (χ0v) is 18.5. The standard InChI is InChI=1S/C29H33N/c1-22(2)29(23(3)4)30-27-20-18-24(19-21-27)12-11-17-28(25-13-7-5-8-14-25)26-15-9-6-10-16-26/h5-23,29-30H,1-4H3/b12-11+. The Hall–Kier alpha value is -3.06. The minimum atomic E-state index is 0.480. The lowest BCUT2D eigenvalue weighted by molar-refractivity contribution is 0.413. The average Bonchev–Trinajstić information content (AvgIpc) is 2.77. The van der Waals surface area contributed by atoms with Crippen LogP contribution in [0.3, 0.4) is 0 Å². The van der Waals surface area contributed by atoms with Gasteiger partial charge >= 0.3 is 0 Å². The minimum absolute atomic E-state index is 0.480. The van der Waals surface area contributed by atoms with E-state index in [2.05, 4.69) is 136 Å². The van der Waals surface area contributed by atoms with Crippen LogP contribution in [-0.2, 0) is 0 Å². The van der Waals surface area contributed by atoms with Gasteiger partial charge in [0.2, 0.25) is 0 Å². The second-order valence-corrected chi connectivity index (χ2v) is 8.45. The van der Waals surface area contributed by atoms with Gasteiger partial charge in [-0.25, -0.2) is 0 Å². The Morgan fingerprint density at radius 3 is 1.63 bits per heavy atom. The summed E-state index contributed by atoms with van der Waals surface area (Å²) in [5, 5.41) is 3.69. The number of hydrogen-bond acceptors (Lipinski definition) is 1. The molecule has 0 aliphatic carbocycles. The molecule has 0 heterocycles. The summed E-state index contributed by atoms with van der Waals surface area (Å²) < 4.78 is 0. The third-order valence-corrected chi connectivity index (χ3v) is 5.40. The first-order chi connectivity index (χ1) is 14.5. The van der Waals surface area contributed by atoms with E-state index in [-0.39, 0.29) is 0 Å². The molecule has 0 aliphatic heterocycles. The molecular weight excluding hydrogens is 362 g/mol. The van der Waals surface area contributed by atoms with E-state index in [0.717, 1.165) is 0 Å². The molecule has 3 rings (SSSR count). The molecule has 1 N–H and O–H groups in total. The third-order valence-electron chi connectivity index (χ3n) is 5.40. The van der Waals surface area contributed by atoms with E-state index in [0.29, 0.717) is 17.9 Å². The number of benzene rings is 3. The zero-order valence-electron chi connectivity index (χ0n) is 18.5. The lowest BCUT2D eigenvalue weighted by Gasteiger charge is -2.27. The SMILES string of the molecule is CC(C)C(Nc1ccc(/C=C/C=C(c2ccccc2)c2ccccc2)cc1)C(C)C. The van der Waals surface area contributed by atoms with Crippen LogP contribution in [-0.4, -0.2) is 6.04 Å². The number of rotatable bonds is 8. The predicted octanol–water partition coefficient (Wildman–Crippen LogP) is 7.92. The maximum Gasteiger partial charge on any atom is 0.0342 e. The van der Waals surface area contributed by atoms with Crippen LogP contribution < -0.4 is 5.32 Å². The summed E-state index contributed by atoms with van der Waals surface area (Å²) in [5.74, 6) is 1.20. The summed E-state index contributed by atoms with van der Waals surface area (Å²) in [6.07, 6.45) is 6.51. The van der Waals surface area contributed by atoms with Crippen molar-refractivity contribution >= 4 is 17.3 Å². The van der Waals surface area contributed by atoms with E-state index in [4.69, 9.17) is 0 Å². The molecule has 0 bridgehead atoms. The first-order valence-electron chi connectivity index (χ1n) is 10.9. The van der Waals surface area contributed by atoms with Crippen LogP contribution in [0.4, 0.5) is 5.69 Å². The molecule has 154 valence electrons. The van der Waals surface area contributed by atoms with Crippen LogP contribution >= 0.6 is 0 Å². The van der Waals surface area contributed by atoms with Gasteiger partial charge in [-0.3, -0.25) is 0 Å². The van der Waals surface area contributed by atoms with Crippen molar-refractivity contribution in [2.24, 2.45) is 11.8 Å². The molecule has 0 spiro atoms. The lowest BCUT2D eigenvalue weighted by atomic mass is 9.93. The number of allylic oxidation sites excluding steroid dienone is 2. The smallest absolute Gasteiger partial charge is 0.0342 e. The Labute approximate surface area is 182 Å². The summed E-state index contributed by atoms with van der Waals surface area (Å²) in [6.45, 7) is 9.10. The highest BCUT2D eigenvalue weighted by molar-refractivity contribution is 5.81. The van der Waals surface area contributed by atoms with Gasteiger partial charge in [0.25, 0.3) is 0 Å². The maximum atomic E-state index is 3.69. The normalized spacial score (nSPS) is 11.4. The fraction of sp³-hybridized carbons (Fsp3) is 0.241. The number of nitrogens with one attached hydrogen (secondary N) is 1. The molecule has 0 saturated carbocycles. The molecule has 0 unspecified atom stereocenters. The van der Waals surface area contributed by atoms with Crippen LogP contribution in [0, 0.1) is 11.8 Å². The van der Waals surface area contributed by atoms with Crippen molar-refractivity contribution in [3.05, 3.63) is 114 Å². The Kier molecular flexibility index (Phi) is 7.68. The van der Waals surface area contributed by atoms with E-state index in [1.165, 1.54) is 28.0 Å². The summed E-state index contributed by atoms with van der Waals surface area (Å²) in [6, 6.07) is 30.3. The molecule has 0 aromatic heterocycles. The molecule has 1 nitrogen and oxygen atoms in total. The molecule has 1 heteroatoms. The quantitative estimate of drug-likeness (QED) is 0.382. The van der Waals surface area contributed by atoms with E-state index in [1.807, 2.05) is 0 Å². The average molecular weight is 396 g/mol. The van der Waals surface area contributed by atoms with E-state index >= 15 is 0 Å². The van der Waals surface area contributed by atoms with Gasteiger partial charge in [-0.15, -0.1) is 0 Å². The fourth-order valence-electron chi connectivity index (χ4n) is 3.84. The van der Waals surface area contributed by atoms with Crippen molar-refractivity contribution in [1.82, 2.24) is 0 Å². The van der Waals surface area contributed by atoms with Gasteiger partial charge in [0.15, 0.2) is 0 Å². The highest BCUT2D eigenvalue weighted by atomic mass is 14.9. The molecular formula is C29H33N. The number of anilines is 1. The van der Waals surface area contributed by atoms with Crippen molar-refractivity contribution in [3.8, 4) is 0 Å². The zero-order chi connectivity index (χ0) is 21.3. The van der Waals surface area contributed by atoms with Gasteiger partial charge in [0, 0.05) is 11.7 Å². The van der Waals surface area contributed by atoms with Crippen LogP contribution in [0.2, 0.25) is 0 Å². The topological polar surface area (TPSA) is 12.0 Å². The van der Waals surface area contributed by atoms with Gasteiger partial charge in [0.05, 0.1) is 0 Å². The van der Waals surface area contributed by atoms with Crippen molar-refractivity contribution in [1.29, 1.82) is 0 Å². The molecule has 0 radical (unpaired) electrons. The van der Waals surface area contributed by atoms with Gasteiger partial charge < -0.3 is 5.32 Å². The summed E-state index contributed by atoms with van der Waals surface area (Å²) in [4.78, 5) is 0. The summed E-state index contributed by atoms with van der Waals surface area (Å²) >= 11 is 0. The van der Waals surface area contributed by atoms with Crippen LogP contribution in [0.15, 0.2) is 97.1 Å². The Morgan fingerprint density at radius 2 is 1.17 bits per heavy atom. The Morgan fingerprint density at radius 1 is 0.667 bits per heavy atom.